The predicted octanol–water partition coefficient (Wildman–Crippen LogP) is 1.55. The first-order valence-electron chi connectivity index (χ1n) is 6.24. The molecule has 3 rings (SSSR count). The van der Waals surface area contributed by atoms with Crippen molar-refractivity contribution in [2.24, 2.45) is 10.2 Å². The van der Waals surface area contributed by atoms with Crippen molar-refractivity contribution in [1.82, 2.24) is 10.2 Å². The van der Waals surface area contributed by atoms with Crippen LogP contribution in [0.1, 0.15) is 19.4 Å². The Hall–Kier alpha value is -0.307. The van der Waals surface area contributed by atoms with Gasteiger partial charge >= 0.3 is 49.6 Å². The van der Waals surface area contributed by atoms with Gasteiger partial charge < -0.3 is 5.48 Å². The molecule has 0 unspecified atom stereocenters. The van der Waals surface area contributed by atoms with E-state index in [0.29, 0.717) is 0 Å². The van der Waals surface area contributed by atoms with Gasteiger partial charge in [-0.2, -0.15) is 16.0 Å². The van der Waals surface area contributed by atoms with Crippen LogP contribution in [0.3, 0.4) is 0 Å². The zero-order chi connectivity index (χ0) is 17.7. The van der Waals surface area contributed by atoms with Crippen LogP contribution < -0.4 is 10.9 Å². The monoisotopic (exact) mass is 508 g/mol. The number of halogens is 4. The first kappa shape index (κ1) is 25.9. The van der Waals surface area contributed by atoms with Gasteiger partial charge in [0.2, 0.25) is 0 Å². The Morgan fingerprint density at radius 1 is 0.917 bits per heavy atom. The van der Waals surface area contributed by atoms with Gasteiger partial charge in [0.15, 0.2) is 0 Å². The molecule has 1 aromatic heterocycles. The van der Waals surface area contributed by atoms with Crippen molar-refractivity contribution < 1.29 is 27.1 Å². The number of nitrogens with two attached hydrogens (primary N) is 2. The van der Waals surface area contributed by atoms with Crippen molar-refractivity contribution in [1.29, 1.82) is 0 Å². The summed E-state index contributed by atoms with van der Waals surface area (Å²) in [6, 6.07) is 0. The van der Waals surface area contributed by atoms with Crippen LogP contribution in [-0.4, -0.2) is 28.1 Å². The number of hydrogen-bond donors (Lipinski definition) is 3. The van der Waals surface area contributed by atoms with E-state index in [1.165, 1.54) is 16.7 Å². The van der Waals surface area contributed by atoms with Crippen LogP contribution in [0.25, 0.3) is 0 Å². The molecule has 0 atom stereocenters. The van der Waals surface area contributed by atoms with E-state index in [0.717, 1.165) is 0 Å². The molecular weight excluding hydrogens is 487 g/mol. The summed E-state index contributed by atoms with van der Waals surface area (Å²) in [6.45, 7) is 6.03. The van der Waals surface area contributed by atoms with E-state index in [1.807, 2.05) is 51.8 Å². The minimum absolute atomic E-state index is 0. The van der Waals surface area contributed by atoms with Gasteiger partial charge in [-0.3, -0.25) is 5.10 Å². The quantitative estimate of drug-likeness (QED) is 0.357. The second-order valence-electron chi connectivity index (χ2n) is 4.25. The van der Waals surface area contributed by atoms with Gasteiger partial charge in [-0.1, -0.05) is 10.2 Å². The molecule has 0 radical (unpaired) electrons. The SMILES string of the molecule is CC1=C[NH2+]N=C1.CC1=C[NH2+]N=C1.Cc1cn[nH]c1.O.[Cl][Ru-2]([Cl])([Cl])[Cl]. The number of nitrogens with one attached hydrogen (secondary N) is 1. The second kappa shape index (κ2) is 15.0. The fourth-order valence-corrected chi connectivity index (χ4v) is 1.04. The number of rotatable bonds is 0. The van der Waals surface area contributed by atoms with E-state index in [1.54, 1.807) is 17.0 Å². The standard InChI is InChI=1S/3C4H6N2.4ClH.H2O.Ru/c3*1-4-2-5-6-3-4;;;;;;/h3*2-3H,1H3,(H,5,6);4*1H;1H2;/q;;;;;;;;+2/p-2. The zero-order valence-electron chi connectivity index (χ0n) is 13.3. The fraction of sp³-hybridized carbons (Fsp3) is 0.250. The molecule has 12 heteroatoms. The third-order valence-electron chi connectivity index (χ3n) is 2.04. The minimum atomic E-state index is -2.97. The maximum atomic E-state index is 5.00. The van der Waals surface area contributed by atoms with Crippen molar-refractivity contribution in [2.45, 2.75) is 20.8 Å². The van der Waals surface area contributed by atoms with Crippen molar-refractivity contribution in [3.05, 3.63) is 41.5 Å². The zero-order valence-corrected chi connectivity index (χ0v) is 18.1. The molecule has 3 heterocycles. The number of aromatic nitrogens is 2. The van der Waals surface area contributed by atoms with E-state index in [-0.39, 0.29) is 5.48 Å². The predicted molar refractivity (Wildman–Crippen MR) is 98.7 cm³/mol. The van der Waals surface area contributed by atoms with E-state index in [2.05, 4.69) is 20.4 Å². The normalized spacial score (nSPS) is 14.6. The summed E-state index contributed by atoms with van der Waals surface area (Å²) < 4.78 is 0. The molecule has 0 fully saturated rings. The van der Waals surface area contributed by atoms with Crippen LogP contribution in [0.4, 0.5) is 0 Å². The Balaban J connectivity index is 0. The van der Waals surface area contributed by atoms with Gasteiger partial charge in [0, 0.05) is 17.3 Å². The molecular formula is C12H22Cl4N6ORu. The van der Waals surface area contributed by atoms with Crippen molar-refractivity contribution in [3.63, 3.8) is 0 Å². The van der Waals surface area contributed by atoms with Gasteiger partial charge in [-0.25, -0.2) is 0 Å². The summed E-state index contributed by atoms with van der Waals surface area (Å²) in [5.41, 5.74) is 7.21. The Morgan fingerprint density at radius 3 is 1.42 bits per heavy atom. The number of hydrogen-bond acceptors (Lipinski definition) is 3. The Bertz CT molecular complexity index is 515. The van der Waals surface area contributed by atoms with Crippen LogP contribution >= 0.6 is 38.8 Å². The van der Waals surface area contributed by atoms with E-state index >= 15 is 0 Å². The summed E-state index contributed by atoms with van der Waals surface area (Å²) >= 11 is 0. The molecule has 0 amide bonds. The molecule has 0 aliphatic carbocycles. The molecule has 142 valence electrons. The van der Waals surface area contributed by atoms with E-state index in [4.69, 9.17) is 38.8 Å². The molecule has 0 saturated heterocycles. The maximum absolute atomic E-state index is 5.00. The number of allylic oxidation sites excluding steroid dienone is 2. The Labute approximate surface area is 160 Å². The molecule has 2 aliphatic heterocycles. The van der Waals surface area contributed by atoms with Crippen molar-refractivity contribution >= 4 is 51.2 Å². The average Bonchev–Trinajstić information content (AvgIpc) is 3.14. The summed E-state index contributed by atoms with van der Waals surface area (Å²) in [5.74, 6) is 0. The first-order valence-corrected chi connectivity index (χ1v) is 15.2. The van der Waals surface area contributed by atoms with E-state index in [9.17, 15) is 0 Å². The number of aryl methyl sites for hydroxylation is 1. The summed E-state index contributed by atoms with van der Waals surface area (Å²) in [4.78, 5) is 0. The Kier molecular flexibility index (Phi) is 16.2. The Morgan fingerprint density at radius 2 is 1.33 bits per heavy atom. The van der Waals surface area contributed by atoms with Crippen LogP contribution in [0.5, 0.6) is 0 Å². The number of aromatic amines is 1. The third kappa shape index (κ3) is 21.7. The molecule has 0 spiro atoms. The molecule has 7 nitrogen and oxygen atoms in total. The summed E-state index contributed by atoms with van der Waals surface area (Å²) in [6.07, 6.45) is 11.2. The average molecular weight is 509 g/mol. The van der Waals surface area contributed by atoms with Gasteiger partial charge in [0.05, 0.1) is 18.6 Å². The van der Waals surface area contributed by atoms with Crippen LogP contribution in [-0.2, 0) is 10.8 Å². The van der Waals surface area contributed by atoms with Gasteiger partial charge in [-0.05, 0) is 26.3 Å². The molecule has 1 aromatic rings. The number of quaternary nitrogens is 2. The molecule has 0 bridgehead atoms. The van der Waals surface area contributed by atoms with Gasteiger partial charge in [0.25, 0.3) is 0 Å². The molecule has 0 aromatic carbocycles. The molecule has 24 heavy (non-hydrogen) atoms. The molecule has 7 N–H and O–H groups in total. The van der Waals surface area contributed by atoms with Gasteiger partial charge in [0.1, 0.15) is 12.4 Å². The van der Waals surface area contributed by atoms with E-state index < -0.39 is 10.8 Å². The van der Waals surface area contributed by atoms with Crippen LogP contribution in [0.2, 0.25) is 0 Å². The van der Waals surface area contributed by atoms with Crippen molar-refractivity contribution in [2.75, 3.05) is 0 Å². The van der Waals surface area contributed by atoms with Gasteiger partial charge in [-0.15, -0.1) is 0 Å². The molecule has 2 aliphatic rings. The topological polar surface area (TPSA) is 118 Å². The third-order valence-corrected chi connectivity index (χ3v) is 2.04. The van der Waals surface area contributed by atoms with Crippen molar-refractivity contribution in [3.8, 4) is 0 Å². The summed E-state index contributed by atoms with van der Waals surface area (Å²) in [7, 11) is 17.0. The first-order chi connectivity index (χ1) is 10.7. The summed E-state index contributed by atoms with van der Waals surface area (Å²) in [5, 5.41) is 14.0. The second-order valence-corrected chi connectivity index (χ2v) is 20.1. The fourth-order valence-electron chi connectivity index (χ4n) is 1.04. The molecule has 0 saturated carbocycles. The number of H-pyrrole nitrogens is 1. The number of nitrogens with zero attached hydrogens (tertiary/aromatic N) is 3. The van der Waals surface area contributed by atoms with Crippen LogP contribution in [0.15, 0.2) is 46.1 Å². The van der Waals surface area contributed by atoms with Crippen LogP contribution in [0, 0.1) is 6.92 Å².